The summed E-state index contributed by atoms with van der Waals surface area (Å²) >= 11 is 0. The number of benzene rings is 2. The van der Waals surface area contributed by atoms with Gasteiger partial charge in [-0.3, -0.25) is 4.72 Å². The van der Waals surface area contributed by atoms with E-state index in [1.807, 2.05) is 0 Å². The van der Waals surface area contributed by atoms with E-state index >= 15 is 0 Å². The maximum absolute atomic E-state index is 13.4. The standard InChI is InChI=1S/C12H6F5NO2S/c13-6-3-7(14)5-8(4-6)18-21(19,20)10-2-1-9(15)11(16)12(10)17/h1-5,18H. The Labute approximate surface area is 116 Å². The summed E-state index contributed by atoms with van der Waals surface area (Å²) in [4.78, 5) is -1.19. The first-order valence-corrected chi connectivity index (χ1v) is 6.81. The van der Waals surface area contributed by atoms with Crippen molar-refractivity contribution in [1.29, 1.82) is 0 Å². The maximum atomic E-state index is 13.4. The quantitative estimate of drug-likeness (QED) is 0.696. The average molecular weight is 323 g/mol. The molecule has 0 atom stereocenters. The van der Waals surface area contributed by atoms with Crippen LogP contribution in [0.2, 0.25) is 0 Å². The Morgan fingerprint density at radius 1 is 0.810 bits per heavy atom. The summed E-state index contributed by atoms with van der Waals surface area (Å²) < 4.78 is 90.4. The molecule has 0 aliphatic carbocycles. The van der Waals surface area contributed by atoms with Gasteiger partial charge in [0.25, 0.3) is 10.0 Å². The summed E-state index contributed by atoms with van der Waals surface area (Å²) in [5.74, 6) is -7.61. The lowest BCUT2D eigenvalue weighted by molar-refractivity contribution is 0.432. The highest BCUT2D eigenvalue weighted by Crippen LogP contribution is 2.23. The Balaban J connectivity index is 2.46. The molecule has 0 aliphatic heterocycles. The van der Waals surface area contributed by atoms with Gasteiger partial charge in [-0.1, -0.05) is 0 Å². The fourth-order valence-corrected chi connectivity index (χ4v) is 2.65. The van der Waals surface area contributed by atoms with Gasteiger partial charge in [-0.25, -0.2) is 30.4 Å². The summed E-state index contributed by atoms with van der Waals surface area (Å²) in [6.45, 7) is 0. The second-order valence-corrected chi connectivity index (χ2v) is 5.59. The molecule has 0 spiro atoms. The summed E-state index contributed by atoms with van der Waals surface area (Å²) in [7, 11) is -4.68. The zero-order valence-corrected chi connectivity index (χ0v) is 10.8. The largest absolute Gasteiger partial charge is 0.279 e. The molecule has 2 rings (SSSR count). The van der Waals surface area contributed by atoms with E-state index in [9.17, 15) is 30.4 Å². The third kappa shape index (κ3) is 3.13. The van der Waals surface area contributed by atoms with Gasteiger partial charge in [0.1, 0.15) is 16.5 Å². The molecule has 112 valence electrons. The zero-order chi connectivity index (χ0) is 15.8. The lowest BCUT2D eigenvalue weighted by Gasteiger charge is -2.09. The van der Waals surface area contributed by atoms with Crippen LogP contribution < -0.4 is 4.72 Å². The predicted octanol–water partition coefficient (Wildman–Crippen LogP) is 3.18. The van der Waals surface area contributed by atoms with Crippen LogP contribution in [-0.2, 0) is 10.0 Å². The number of halogens is 5. The van der Waals surface area contributed by atoms with Gasteiger partial charge in [-0.15, -0.1) is 0 Å². The van der Waals surface area contributed by atoms with Crippen molar-refractivity contribution >= 4 is 15.7 Å². The third-order valence-corrected chi connectivity index (χ3v) is 3.80. The van der Waals surface area contributed by atoms with Crippen LogP contribution >= 0.6 is 0 Å². The highest BCUT2D eigenvalue weighted by molar-refractivity contribution is 7.92. The minimum Gasteiger partial charge on any atom is -0.279 e. The highest BCUT2D eigenvalue weighted by Gasteiger charge is 2.24. The van der Waals surface area contributed by atoms with Crippen LogP contribution in [0.4, 0.5) is 27.6 Å². The van der Waals surface area contributed by atoms with Gasteiger partial charge in [0.15, 0.2) is 17.5 Å². The lowest BCUT2D eigenvalue weighted by Crippen LogP contribution is -2.16. The zero-order valence-electron chi connectivity index (χ0n) is 10.0. The minimum absolute atomic E-state index is 0.416. The Morgan fingerprint density at radius 2 is 1.38 bits per heavy atom. The molecular formula is C12H6F5NO2S. The molecule has 3 nitrogen and oxygen atoms in total. The summed E-state index contributed by atoms with van der Waals surface area (Å²) in [5.41, 5.74) is -0.531. The van der Waals surface area contributed by atoms with Gasteiger partial charge in [0.2, 0.25) is 0 Å². The monoisotopic (exact) mass is 323 g/mol. The van der Waals surface area contributed by atoms with Crippen LogP contribution in [0.5, 0.6) is 0 Å². The number of hydrogen-bond donors (Lipinski definition) is 1. The van der Waals surface area contributed by atoms with Crippen molar-refractivity contribution in [3.8, 4) is 0 Å². The molecule has 0 aliphatic rings. The van der Waals surface area contributed by atoms with E-state index < -0.39 is 49.7 Å². The Bertz CT molecular complexity index is 787. The van der Waals surface area contributed by atoms with Gasteiger partial charge >= 0.3 is 0 Å². The maximum Gasteiger partial charge on any atom is 0.264 e. The number of sulfonamides is 1. The molecular weight excluding hydrogens is 317 g/mol. The molecule has 9 heteroatoms. The SMILES string of the molecule is O=S(=O)(Nc1cc(F)cc(F)c1)c1ccc(F)c(F)c1F. The van der Waals surface area contributed by atoms with E-state index in [0.29, 0.717) is 30.3 Å². The molecule has 0 saturated carbocycles. The van der Waals surface area contributed by atoms with E-state index in [2.05, 4.69) is 0 Å². The van der Waals surface area contributed by atoms with E-state index in [4.69, 9.17) is 0 Å². The van der Waals surface area contributed by atoms with Crippen LogP contribution in [0, 0.1) is 29.1 Å². The molecule has 0 amide bonds. The van der Waals surface area contributed by atoms with Crippen molar-refractivity contribution in [2.75, 3.05) is 4.72 Å². The van der Waals surface area contributed by atoms with Gasteiger partial charge in [0, 0.05) is 6.07 Å². The second-order valence-electron chi connectivity index (χ2n) is 3.94. The number of rotatable bonds is 3. The van der Waals surface area contributed by atoms with Gasteiger partial charge in [0.05, 0.1) is 5.69 Å². The first-order chi connectivity index (χ1) is 9.70. The first-order valence-electron chi connectivity index (χ1n) is 5.33. The minimum atomic E-state index is -4.68. The third-order valence-electron chi connectivity index (χ3n) is 2.40. The molecule has 0 bridgehead atoms. The fourth-order valence-electron chi connectivity index (χ4n) is 1.54. The van der Waals surface area contributed by atoms with E-state index in [1.54, 1.807) is 4.72 Å². The van der Waals surface area contributed by atoms with Gasteiger partial charge < -0.3 is 0 Å². The molecule has 2 aromatic rings. The molecule has 1 N–H and O–H groups in total. The first kappa shape index (κ1) is 15.2. The van der Waals surface area contributed by atoms with Gasteiger partial charge in [-0.05, 0) is 24.3 Å². The Morgan fingerprint density at radius 3 is 1.95 bits per heavy atom. The van der Waals surface area contributed by atoms with E-state index in [-0.39, 0.29) is 0 Å². The Hall–Kier alpha value is -2.16. The normalized spacial score (nSPS) is 11.5. The Kier molecular flexibility index (Phi) is 3.86. The molecule has 21 heavy (non-hydrogen) atoms. The summed E-state index contributed by atoms with van der Waals surface area (Å²) in [6.07, 6.45) is 0. The van der Waals surface area contributed by atoms with Crippen molar-refractivity contribution in [1.82, 2.24) is 0 Å². The van der Waals surface area contributed by atoms with Crippen LogP contribution in [0.1, 0.15) is 0 Å². The van der Waals surface area contributed by atoms with Crippen LogP contribution in [0.3, 0.4) is 0 Å². The van der Waals surface area contributed by atoms with Crippen molar-refractivity contribution in [2.24, 2.45) is 0 Å². The summed E-state index contributed by atoms with van der Waals surface area (Å²) in [5, 5.41) is 0. The predicted molar refractivity (Wildman–Crippen MR) is 63.5 cm³/mol. The van der Waals surface area contributed by atoms with Crippen LogP contribution in [-0.4, -0.2) is 8.42 Å². The van der Waals surface area contributed by atoms with E-state index in [0.717, 1.165) is 0 Å². The van der Waals surface area contributed by atoms with Crippen molar-refractivity contribution in [3.63, 3.8) is 0 Å². The van der Waals surface area contributed by atoms with Crippen molar-refractivity contribution in [3.05, 3.63) is 59.4 Å². The smallest absolute Gasteiger partial charge is 0.264 e. The molecule has 0 fully saturated rings. The van der Waals surface area contributed by atoms with Crippen molar-refractivity contribution < 1.29 is 30.4 Å². The van der Waals surface area contributed by atoms with Crippen molar-refractivity contribution in [2.45, 2.75) is 4.90 Å². The molecule has 0 unspecified atom stereocenters. The summed E-state index contributed by atoms with van der Waals surface area (Å²) in [6, 6.07) is 2.68. The topological polar surface area (TPSA) is 46.2 Å². The molecule has 0 radical (unpaired) electrons. The highest BCUT2D eigenvalue weighted by atomic mass is 32.2. The molecule has 2 aromatic carbocycles. The van der Waals surface area contributed by atoms with Gasteiger partial charge in [-0.2, -0.15) is 0 Å². The lowest BCUT2D eigenvalue weighted by atomic mass is 10.3. The fraction of sp³-hybridized carbons (Fsp3) is 0. The molecule has 0 heterocycles. The van der Waals surface area contributed by atoms with E-state index in [1.165, 1.54) is 0 Å². The molecule has 0 saturated heterocycles. The number of hydrogen-bond acceptors (Lipinski definition) is 2. The van der Waals surface area contributed by atoms with Crippen LogP contribution in [0.15, 0.2) is 35.2 Å². The molecule has 0 aromatic heterocycles. The van der Waals surface area contributed by atoms with Crippen LogP contribution in [0.25, 0.3) is 0 Å². The average Bonchev–Trinajstić information content (AvgIpc) is 2.33. The number of anilines is 1. The second kappa shape index (κ2) is 5.32. The number of nitrogens with one attached hydrogen (secondary N) is 1.